The lowest BCUT2D eigenvalue weighted by atomic mass is 10.0. The number of hydrogen-bond donors (Lipinski definition) is 2. The van der Waals surface area contributed by atoms with Gasteiger partial charge in [0.25, 0.3) is 0 Å². The molecule has 1 aliphatic heterocycles. The van der Waals surface area contributed by atoms with Gasteiger partial charge in [-0.25, -0.2) is 0 Å². The first-order valence-corrected chi connectivity index (χ1v) is 12.4. The number of carbonyl (C=O) groups is 1. The lowest BCUT2D eigenvalue weighted by Crippen LogP contribution is -2.16. The maximum absolute atomic E-state index is 11.7. The Hall–Kier alpha value is -4.53. The maximum atomic E-state index is 11.7. The summed E-state index contributed by atoms with van der Waals surface area (Å²) in [6, 6.07) is 15.0. The summed E-state index contributed by atoms with van der Waals surface area (Å²) >= 11 is 0. The molecule has 1 aromatic carbocycles. The number of aryl methyl sites for hydroxylation is 1. The fraction of sp³-hybridized carbons (Fsp3) is 0.250. The van der Waals surface area contributed by atoms with Crippen LogP contribution < -0.4 is 10.1 Å². The molecule has 1 atom stereocenters. The van der Waals surface area contributed by atoms with Crippen LogP contribution in [0.5, 0.6) is 5.75 Å². The van der Waals surface area contributed by atoms with Crippen LogP contribution in [0.1, 0.15) is 35.8 Å². The number of fused-ring (bicyclic) bond motifs is 3. The van der Waals surface area contributed by atoms with Crippen molar-refractivity contribution in [3.05, 3.63) is 84.1 Å². The number of ether oxygens (including phenoxy) is 1. The summed E-state index contributed by atoms with van der Waals surface area (Å²) in [5.74, 6) is -0.181. The van der Waals surface area contributed by atoms with Gasteiger partial charge in [0, 0.05) is 36.4 Å². The molecule has 0 amide bonds. The average molecular weight is 495 g/mol. The zero-order chi connectivity index (χ0) is 25.2. The quantitative estimate of drug-likeness (QED) is 0.326. The van der Waals surface area contributed by atoms with E-state index in [-0.39, 0.29) is 6.42 Å². The van der Waals surface area contributed by atoms with Crippen LogP contribution in [0.4, 0.5) is 5.69 Å². The highest BCUT2D eigenvalue weighted by Gasteiger charge is 2.22. The number of benzene rings is 1. The summed E-state index contributed by atoms with van der Waals surface area (Å²) in [5.41, 5.74) is 6.32. The van der Waals surface area contributed by atoms with E-state index < -0.39 is 12.0 Å². The predicted molar refractivity (Wildman–Crippen MR) is 140 cm³/mol. The third kappa shape index (κ3) is 4.80. The van der Waals surface area contributed by atoms with E-state index in [0.717, 1.165) is 64.2 Å². The zero-order valence-electron chi connectivity index (χ0n) is 20.2. The first-order valence-electron chi connectivity index (χ1n) is 12.4. The smallest absolute Gasteiger partial charge is 0.305 e. The Labute approximate surface area is 213 Å². The van der Waals surface area contributed by atoms with E-state index in [1.165, 1.54) is 0 Å². The molecule has 9 nitrogen and oxygen atoms in total. The Morgan fingerprint density at radius 2 is 2.05 bits per heavy atom. The number of hydrogen-bond acceptors (Lipinski definition) is 7. The van der Waals surface area contributed by atoms with E-state index >= 15 is 0 Å². The molecule has 5 heterocycles. The summed E-state index contributed by atoms with van der Waals surface area (Å²) in [6.07, 6.45) is 7.84. The molecule has 6 rings (SSSR count). The number of rotatable bonds is 8. The summed E-state index contributed by atoms with van der Waals surface area (Å²) in [6.45, 7) is 1.51. The minimum atomic E-state index is -0.915. The highest BCUT2D eigenvalue weighted by atomic mass is 16.5. The highest BCUT2D eigenvalue weighted by molar-refractivity contribution is 5.81. The summed E-state index contributed by atoms with van der Waals surface area (Å²) in [7, 11) is 0. The predicted octanol–water partition coefficient (Wildman–Crippen LogP) is 4.42. The van der Waals surface area contributed by atoms with Crippen molar-refractivity contribution < 1.29 is 14.6 Å². The monoisotopic (exact) mass is 494 g/mol. The van der Waals surface area contributed by atoms with Gasteiger partial charge in [0.05, 0.1) is 53.2 Å². The average Bonchev–Trinajstić information content (AvgIpc) is 3.34. The summed E-state index contributed by atoms with van der Waals surface area (Å²) in [5, 5.41) is 18.4. The van der Waals surface area contributed by atoms with Crippen LogP contribution in [0.25, 0.3) is 21.9 Å². The van der Waals surface area contributed by atoms with Crippen molar-refractivity contribution in [3.8, 4) is 5.75 Å². The molecule has 0 saturated heterocycles. The second-order valence-corrected chi connectivity index (χ2v) is 9.16. The standard InChI is InChI=1S/C28H26N6O3/c35-28(36)15-27(19-14-25-22(31-16-19)3-1-11-30-25)34-26-8-6-21(13-18(26)17-32-34)37-12-9-20-5-7-23-24(33-20)4-2-10-29-23/h1,3,5-8,11,13-14,16-17,27,29H,2,4,9-10,12,15H2,(H,35,36). The molecule has 1 aliphatic rings. The van der Waals surface area contributed by atoms with Crippen molar-refractivity contribution in [1.82, 2.24) is 24.7 Å². The topological polar surface area (TPSA) is 115 Å². The van der Waals surface area contributed by atoms with Crippen LogP contribution in [0.2, 0.25) is 0 Å². The second-order valence-electron chi connectivity index (χ2n) is 9.16. The van der Waals surface area contributed by atoms with Crippen molar-refractivity contribution in [2.75, 3.05) is 18.5 Å². The van der Waals surface area contributed by atoms with E-state index in [1.54, 1.807) is 23.3 Å². The molecular formula is C28H26N6O3. The molecule has 37 heavy (non-hydrogen) atoms. The minimum Gasteiger partial charge on any atom is -0.493 e. The second kappa shape index (κ2) is 9.85. The van der Waals surface area contributed by atoms with Crippen LogP contribution in [0.3, 0.4) is 0 Å². The minimum absolute atomic E-state index is 0.127. The van der Waals surface area contributed by atoms with Gasteiger partial charge in [0.15, 0.2) is 0 Å². The highest BCUT2D eigenvalue weighted by Crippen LogP contribution is 2.29. The third-order valence-electron chi connectivity index (χ3n) is 6.65. The van der Waals surface area contributed by atoms with E-state index in [9.17, 15) is 9.90 Å². The fourth-order valence-electron chi connectivity index (χ4n) is 4.82. The fourth-order valence-corrected chi connectivity index (χ4v) is 4.82. The number of nitrogens with one attached hydrogen (secondary N) is 1. The molecule has 9 heteroatoms. The molecule has 2 N–H and O–H groups in total. The molecule has 0 aliphatic carbocycles. The Bertz CT molecular complexity index is 1600. The molecule has 5 aromatic rings. The molecule has 0 fully saturated rings. The van der Waals surface area contributed by atoms with Crippen LogP contribution in [-0.4, -0.2) is 49.0 Å². The summed E-state index contributed by atoms with van der Waals surface area (Å²) < 4.78 is 7.76. The van der Waals surface area contributed by atoms with Gasteiger partial charge in [-0.05, 0) is 66.9 Å². The molecule has 0 radical (unpaired) electrons. The van der Waals surface area contributed by atoms with Crippen LogP contribution in [0.15, 0.2) is 67.1 Å². The molecule has 0 spiro atoms. The van der Waals surface area contributed by atoms with Crippen molar-refractivity contribution in [2.45, 2.75) is 31.7 Å². The maximum Gasteiger partial charge on any atom is 0.305 e. The Kier molecular flexibility index (Phi) is 6.10. The lowest BCUT2D eigenvalue weighted by molar-refractivity contribution is -0.137. The number of carboxylic acids is 1. The van der Waals surface area contributed by atoms with E-state index in [4.69, 9.17) is 9.72 Å². The molecule has 4 aromatic heterocycles. The van der Waals surface area contributed by atoms with Crippen LogP contribution in [0, 0.1) is 0 Å². The molecule has 1 unspecified atom stereocenters. The van der Waals surface area contributed by atoms with Crippen molar-refractivity contribution >= 4 is 33.6 Å². The first kappa shape index (κ1) is 22.9. The van der Waals surface area contributed by atoms with Gasteiger partial charge in [0.2, 0.25) is 0 Å². The van der Waals surface area contributed by atoms with Gasteiger partial charge in [-0.15, -0.1) is 0 Å². The van der Waals surface area contributed by atoms with Gasteiger partial charge >= 0.3 is 5.97 Å². The normalized spacial score (nSPS) is 13.7. The number of nitrogens with zero attached hydrogens (tertiary/aromatic N) is 5. The van der Waals surface area contributed by atoms with Crippen LogP contribution in [-0.2, 0) is 17.6 Å². The molecule has 186 valence electrons. The lowest BCUT2D eigenvalue weighted by Gasteiger charge is -2.18. The Morgan fingerprint density at radius 3 is 2.97 bits per heavy atom. The molecule has 0 saturated carbocycles. The number of carboxylic acid groups (broad SMARTS) is 1. The number of aromatic nitrogens is 5. The summed E-state index contributed by atoms with van der Waals surface area (Å²) in [4.78, 5) is 25.4. The van der Waals surface area contributed by atoms with Gasteiger partial charge in [-0.1, -0.05) is 0 Å². The van der Waals surface area contributed by atoms with Crippen LogP contribution >= 0.6 is 0 Å². The molecule has 0 bridgehead atoms. The van der Waals surface area contributed by atoms with E-state index in [1.807, 2.05) is 42.5 Å². The number of aliphatic carboxylic acids is 1. The SMILES string of the molecule is O=C(O)CC(c1cnc2cccnc2c1)n1ncc2cc(OCCc3ccc4c(n3)CCCN4)ccc21. The van der Waals surface area contributed by atoms with E-state index in [2.05, 4.69) is 26.4 Å². The largest absolute Gasteiger partial charge is 0.493 e. The number of anilines is 1. The third-order valence-corrected chi connectivity index (χ3v) is 6.65. The van der Waals surface area contributed by atoms with Crippen molar-refractivity contribution in [3.63, 3.8) is 0 Å². The Balaban J connectivity index is 1.21. The van der Waals surface area contributed by atoms with Crippen molar-refractivity contribution in [1.29, 1.82) is 0 Å². The van der Waals surface area contributed by atoms with E-state index in [0.29, 0.717) is 18.5 Å². The first-order chi connectivity index (χ1) is 18.1. The Morgan fingerprint density at radius 1 is 1.11 bits per heavy atom. The van der Waals surface area contributed by atoms with Gasteiger partial charge < -0.3 is 15.2 Å². The zero-order valence-corrected chi connectivity index (χ0v) is 20.2. The van der Waals surface area contributed by atoms with Gasteiger partial charge in [-0.3, -0.25) is 24.4 Å². The molecular weight excluding hydrogens is 468 g/mol. The number of pyridine rings is 3. The van der Waals surface area contributed by atoms with Gasteiger partial charge in [-0.2, -0.15) is 5.10 Å². The van der Waals surface area contributed by atoms with Gasteiger partial charge in [0.1, 0.15) is 5.75 Å². The van der Waals surface area contributed by atoms with Crippen molar-refractivity contribution in [2.24, 2.45) is 0 Å².